The second-order valence-electron chi connectivity index (χ2n) is 3.85. The number of thiocarbonyl (C=S) groups is 1. The molecule has 0 aliphatic carbocycles. The number of aromatic amines is 1. The van der Waals surface area contributed by atoms with Gasteiger partial charge in [-0.25, -0.2) is 0 Å². The summed E-state index contributed by atoms with van der Waals surface area (Å²) < 4.78 is 0. The van der Waals surface area contributed by atoms with Gasteiger partial charge in [0.1, 0.15) is 0 Å². The summed E-state index contributed by atoms with van der Waals surface area (Å²) in [5.74, 6) is 0. The van der Waals surface area contributed by atoms with Crippen LogP contribution in [0.1, 0.15) is 11.3 Å². The molecular formula is C12H13ClN4S. The summed E-state index contributed by atoms with van der Waals surface area (Å²) in [7, 11) is 0. The maximum absolute atomic E-state index is 6.04. The van der Waals surface area contributed by atoms with Gasteiger partial charge in [-0.05, 0) is 42.9 Å². The van der Waals surface area contributed by atoms with Gasteiger partial charge in [0.05, 0.1) is 12.2 Å². The molecule has 1 aromatic carbocycles. The van der Waals surface area contributed by atoms with Crippen molar-refractivity contribution in [3.05, 3.63) is 46.7 Å². The number of H-pyrrole nitrogens is 1. The van der Waals surface area contributed by atoms with E-state index in [2.05, 4.69) is 20.8 Å². The van der Waals surface area contributed by atoms with E-state index < -0.39 is 0 Å². The number of hydrogen-bond donors (Lipinski definition) is 3. The van der Waals surface area contributed by atoms with Crippen molar-refractivity contribution in [3.8, 4) is 0 Å². The van der Waals surface area contributed by atoms with E-state index in [1.54, 1.807) is 6.20 Å². The Bertz CT molecular complexity index is 539. The molecule has 0 saturated heterocycles. The van der Waals surface area contributed by atoms with Crippen molar-refractivity contribution >= 4 is 34.6 Å². The average Bonchev–Trinajstić information content (AvgIpc) is 2.84. The predicted octanol–water partition coefficient (Wildman–Crippen LogP) is 2.86. The minimum atomic E-state index is 0.546. The van der Waals surface area contributed by atoms with Gasteiger partial charge < -0.3 is 10.6 Å². The fraction of sp³-hybridized carbons (Fsp3) is 0.167. The third-order valence-electron chi connectivity index (χ3n) is 2.43. The summed E-state index contributed by atoms with van der Waals surface area (Å²) in [5, 5.41) is 14.1. The minimum absolute atomic E-state index is 0.546. The monoisotopic (exact) mass is 280 g/mol. The molecule has 18 heavy (non-hydrogen) atoms. The van der Waals surface area contributed by atoms with Gasteiger partial charge in [0, 0.05) is 16.9 Å². The number of halogens is 1. The lowest BCUT2D eigenvalue weighted by Crippen LogP contribution is -2.28. The molecule has 0 aliphatic heterocycles. The molecule has 0 aliphatic rings. The second kappa shape index (κ2) is 5.84. The van der Waals surface area contributed by atoms with Gasteiger partial charge in [-0.2, -0.15) is 5.10 Å². The van der Waals surface area contributed by atoms with E-state index >= 15 is 0 Å². The van der Waals surface area contributed by atoms with E-state index in [9.17, 15) is 0 Å². The van der Waals surface area contributed by atoms with Crippen LogP contribution in [0.2, 0.25) is 5.02 Å². The van der Waals surface area contributed by atoms with Crippen molar-refractivity contribution < 1.29 is 0 Å². The molecule has 0 spiro atoms. The zero-order chi connectivity index (χ0) is 13.0. The van der Waals surface area contributed by atoms with Crippen LogP contribution >= 0.6 is 23.8 Å². The first-order valence-corrected chi connectivity index (χ1v) is 6.23. The van der Waals surface area contributed by atoms with Gasteiger partial charge >= 0.3 is 0 Å². The molecule has 0 unspecified atom stereocenters. The summed E-state index contributed by atoms with van der Waals surface area (Å²) in [6, 6.07) is 7.62. The first kappa shape index (κ1) is 12.9. The van der Waals surface area contributed by atoms with Gasteiger partial charge in [0.25, 0.3) is 0 Å². The van der Waals surface area contributed by atoms with E-state index in [-0.39, 0.29) is 0 Å². The Balaban J connectivity index is 1.88. The topological polar surface area (TPSA) is 52.7 Å². The number of rotatable bonds is 3. The van der Waals surface area contributed by atoms with Gasteiger partial charge in [0.15, 0.2) is 5.11 Å². The summed E-state index contributed by atoms with van der Waals surface area (Å²) in [6.45, 7) is 2.56. The van der Waals surface area contributed by atoms with Crippen LogP contribution in [0, 0.1) is 6.92 Å². The Hall–Kier alpha value is -1.59. The van der Waals surface area contributed by atoms with Crippen LogP contribution in [-0.2, 0) is 6.54 Å². The van der Waals surface area contributed by atoms with Crippen LogP contribution < -0.4 is 10.6 Å². The van der Waals surface area contributed by atoms with E-state index in [1.807, 2.05) is 31.2 Å². The van der Waals surface area contributed by atoms with Gasteiger partial charge in [-0.15, -0.1) is 0 Å². The molecule has 4 nitrogen and oxygen atoms in total. The number of aryl methyl sites for hydroxylation is 1. The zero-order valence-electron chi connectivity index (χ0n) is 9.83. The van der Waals surface area contributed by atoms with E-state index in [4.69, 9.17) is 23.8 Å². The molecule has 0 atom stereocenters. The predicted molar refractivity (Wildman–Crippen MR) is 77.8 cm³/mol. The van der Waals surface area contributed by atoms with E-state index in [0.29, 0.717) is 11.7 Å². The number of aromatic nitrogens is 2. The largest absolute Gasteiger partial charge is 0.357 e. The third-order valence-corrected chi connectivity index (χ3v) is 3.08. The van der Waals surface area contributed by atoms with Crippen molar-refractivity contribution in [1.29, 1.82) is 0 Å². The van der Waals surface area contributed by atoms with Crippen LogP contribution in [0.5, 0.6) is 0 Å². The molecule has 1 heterocycles. The van der Waals surface area contributed by atoms with Crippen molar-refractivity contribution in [2.45, 2.75) is 13.5 Å². The van der Waals surface area contributed by atoms with Crippen LogP contribution in [0.4, 0.5) is 5.69 Å². The second-order valence-corrected chi connectivity index (χ2v) is 4.67. The Morgan fingerprint density at radius 2 is 2.28 bits per heavy atom. The Morgan fingerprint density at radius 1 is 1.44 bits per heavy atom. The van der Waals surface area contributed by atoms with Crippen molar-refractivity contribution in [2.75, 3.05) is 5.32 Å². The summed E-state index contributed by atoms with van der Waals surface area (Å²) in [6.07, 6.45) is 1.70. The highest BCUT2D eigenvalue weighted by Gasteiger charge is 2.01. The quantitative estimate of drug-likeness (QED) is 0.757. The normalized spacial score (nSPS) is 10.1. The van der Waals surface area contributed by atoms with Gasteiger partial charge in [-0.1, -0.05) is 17.7 Å². The van der Waals surface area contributed by atoms with Crippen molar-refractivity contribution in [3.63, 3.8) is 0 Å². The average molecular weight is 281 g/mol. The third kappa shape index (κ3) is 3.45. The molecule has 94 valence electrons. The number of anilines is 1. The van der Waals surface area contributed by atoms with Crippen molar-refractivity contribution in [1.82, 2.24) is 15.5 Å². The van der Waals surface area contributed by atoms with Crippen LogP contribution in [0.25, 0.3) is 0 Å². The molecule has 1 aromatic heterocycles. The number of hydrogen-bond acceptors (Lipinski definition) is 2. The maximum atomic E-state index is 6.04. The highest BCUT2D eigenvalue weighted by molar-refractivity contribution is 7.80. The molecule has 0 amide bonds. The first-order valence-electron chi connectivity index (χ1n) is 5.44. The van der Waals surface area contributed by atoms with Crippen LogP contribution in [0.3, 0.4) is 0 Å². The van der Waals surface area contributed by atoms with Crippen LogP contribution in [-0.4, -0.2) is 15.3 Å². The lowest BCUT2D eigenvalue weighted by atomic mass is 10.2. The standard InChI is InChI=1S/C12H13ClN4S/c1-8-2-3-9(6-11(8)13)16-12(18)14-7-10-4-5-15-17-10/h2-6H,7H2,1H3,(H,15,17)(H2,14,16,18). The Kier molecular flexibility index (Phi) is 4.17. The molecule has 0 bridgehead atoms. The smallest absolute Gasteiger partial charge is 0.171 e. The molecule has 2 aromatic rings. The highest BCUT2D eigenvalue weighted by atomic mass is 35.5. The van der Waals surface area contributed by atoms with E-state index in [0.717, 1.165) is 22.0 Å². The molecule has 3 N–H and O–H groups in total. The fourth-order valence-corrected chi connectivity index (χ4v) is 1.78. The van der Waals surface area contributed by atoms with Crippen LogP contribution in [0.15, 0.2) is 30.5 Å². The zero-order valence-corrected chi connectivity index (χ0v) is 11.4. The number of nitrogens with one attached hydrogen (secondary N) is 3. The lowest BCUT2D eigenvalue weighted by molar-refractivity contribution is 0.865. The Labute approximate surface area is 116 Å². The fourth-order valence-electron chi connectivity index (χ4n) is 1.40. The SMILES string of the molecule is Cc1ccc(NC(=S)NCc2ccn[nH]2)cc1Cl. The summed E-state index contributed by atoms with van der Waals surface area (Å²) in [4.78, 5) is 0. The molecule has 0 fully saturated rings. The molecule has 0 radical (unpaired) electrons. The number of benzene rings is 1. The van der Waals surface area contributed by atoms with Gasteiger partial charge in [0.2, 0.25) is 0 Å². The van der Waals surface area contributed by atoms with Gasteiger partial charge in [-0.3, -0.25) is 5.10 Å². The highest BCUT2D eigenvalue weighted by Crippen LogP contribution is 2.19. The van der Waals surface area contributed by atoms with Crippen molar-refractivity contribution in [2.24, 2.45) is 0 Å². The minimum Gasteiger partial charge on any atom is -0.357 e. The molecular weight excluding hydrogens is 268 g/mol. The first-order chi connectivity index (χ1) is 8.65. The Morgan fingerprint density at radius 3 is 2.94 bits per heavy atom. The molecule has 2 rings (SSSR count). The summed E-state index contributed by atoms with van der Waals surface area (Å²) in [5.41, 5.74) is 2.88. The van der Waals surface area contributed by atoms with E-state index in [1.165, 1.54) is 0 Å². The lowest BCUT2D eigenvalue weighted by Gasteiger charge is -2.10. The molecule has 6 heteroatoms. The maximum Gasteiger partial charge on any atom is 0.171 e. The number of nitrogens with zero attached hydrogens (tertiary/aromatic N) is 1. The summed E-state index contributed by atoms with van der Waals surface area (Å²) >= 11 is 11.2. The molecule has 0 saturated carbocycles.